The Morgan fingerprint density at radius 1 is 0.453 bits per heavy atom. The fourth-order valence-corrected chi connectivity index (χ4v) is 8.60. The standard InChI is InChI=1S/C54H101NO9/c1-6-9-12-15-18-21-24-27-30-32-35-41-50(57)62-47(45-60-49(56)40-38-39-44-55(4)5)53-54(64-52(59)43-37-34-31-28-25-22-19-16-13-10-7-2)48(46-61-53)63-51(58)42-36-33-29-26-23-20-17-14-11-8-3/h47-48,53-54H,6-46H2,1-5H3/t47-,48+,53?,54-/m1/s1. The van der Waals surface area contributed by atoms with Gasteiger partial charge in [-0.15, -0.1) is 0 Å². The Hall–Kier alpha value is -2.20. The van der Waals surface area contributed by atoms with Gasteiger partial charge in [0.1, 0.15) is 12.7 Å². The van der Waals surface area contributed by atoms with E-state index in [9.17, 15) is 19.2 Å². The van der Waals surface area contributed by atoms with Crippen LogP contribution in [0.4, 0.5) is 0 Å². The quantitative estimate of drug-likeness (QED) is 0.0332. The van der Waals surface area contributed by atoms with E-state index in [4.69, 9.17) is 23.7 Å². The van der Waals surface area contributed by atoms with E-state index in [1.54, 1.807) is 0 Å². The second kappa shape index (κ2) is 43.4. The number of esters is 4. The van der Waals surface area contributed by atoms with Gasteiger partial charge in [0.2, 0.25) is 0 Å². The van der Waals surface area contributed by atoms with Crippen LogP contribution in [0.1, 0.15) is 265 Å². The van der Waals surface area contributed by atoms with Crippen LogP contribution in [-0.4, -0.2) is 87.0 Å². The van der Waals surface area contributed by atoms with Gasteiger partial charge in [-0.05, 0) is 52.7 Å². The highest BCUT2D eigenvalue weighted by atomic mass is 16.7. The van der Waals surface area contributed by atoms with Gasteiger partial charge in [0.05, 0.1) is 6.61 Å². The van der Waals surface area contributed by atoms with Crippen LogP contribution in [-0.2, 0) is 42.9 Å². The number of ether oxygens (including phenoxy) is 5. The molecule has 0 saturated carbocycles. The summed E-state index contributed by atoms with van der Waals surface area (Å²) in [5.41, 5.74) is 0. The highest BCUT2D eigenvalue weighted by Crippen LogP contribution is 2.28. The van der Waals surface area contributed by atoms with Crippen molar-refractivity contribution in [2.75, 3.05) is 33.9 Å². The lowest BCUT2D eigenvalue weighted by Gasteiger charge is -2.28. The van der Waals surface area contributed by atoms with Gasteiger partial charge in [-0.3, -0.25) is 19.2 Å². The van der Waals surface area contributed by atoms with Crippen molar-refractivity contribution in [3.63, 3.8) is 0 Å². The Bertz CT molecular complexity index is 1120. The minimum absolute atomic E-state index is 0.00400. The van der Waals surface area contributed by atoms with Gasteiger partial charge in [0.15, 0.2) is 18.3 Å². The molecule has 1 unspecified atom stereocenters. The van der Waals surface area contributed by atoms with Gasteiger partial charge >= 0.3 is 23.9 Å². The van der Waals surface area contributed by atoms with Gasteiger partial charge < -0.3 is 28.6 Å². The predicted molar refractivity (Wildman–Crippen MR) is 261 cm³/mol. The molecule has 1 aliphatic heterocycles. The molecule has 1 saturated heterocycles. The zero-order valence-corrected chi connectivity index (χ0v) is 42.4. The van der Waals surface area contributed by atoms with Crippen LogP contribution in [0, 0.1) is 0 Å². The molecule has 64 heavy (non-hydrogen) atoms. The Kier molecular flexibility index (Phi) is 40.5. The fraction of sp³-hybridized carbons (Fsp3) is 0.926. The molecule has 1 aliphatic rings. The molecule has 0 aromatic rings. The minimum Gasteiger partial charge on any atom is -0.462 e. The van der Waals surface area contributed by atoms with E-state index in [-0.39, 0.29) is 50.8 Å². The summed E-state index contributed by atoms with van der Waals surface area (Å²) < 4.78 is 30.0. The number of hydrogen-bond acceptors (Lipinski definition) is 10. The SMILES string of the molecule is CCCCCCCCCCCCCC(=O)O[C@H](COC(=O)CCCCN(C)C)C1OC[C@H](OC(=O)CCCCCCCCCCCC)[C@H]1OC(=O)CCCCCCCCCCCCC. The second-order valence-corrected chi connectivity index (χ2v) is 19.3. The summed E-state index contributed by atoms with van der Waals surface area (Å²) in [6.07, 6.45) is 36.2. The van der Waals surface area contributed by atoms with E-state index in [0.29, 0.717) is 19.3 Å². The molecule has 0 aliphatic carbocycles. The average Bonchev–Trinajstić information content (AvgIpc) is 3.65. The third-order valence-corrected chi connectivity index (χ3v) is 12.7. The summed E-state index contributed by atoms with van der Waals surface area (Å²) in [4.78, 5) is 55.0. The zero-order chi connectivity index (χ0) is 46.7. The molecule has 10 nitrogen and oxygen atoms in total. The first kappa shape index (κ1) is 59.8. The van der Waals surface area contributed by atoms with Gasteiger partial charge in [-0.2, -0.15) is 0 Å². The Morgan fingerprint density at radius 2 is 0.797 bits per heavy atom. The number of nitrogens with zero attached hydrogens (tertiary/aromatic N) is 1. The maximum Gasteiger partial charge on any atom is 0.306 e. The Morgan fingerprint density at radius 3 is 1.20 bits per heavy atom. The lowest BCUT2D eigenvalue weighted by Crippen LogP contribution is -2.47. The van der Waals surface area contributed by atoms with Crippen LogP contribution >= 0.6 is 0 Å². The number of hydrogen-bond donors (Lipinski definition) is 0. The van der Waals surface area contributed by atoms with Crippen LogP contribution in [0.5, 0.6) is 0 Å². The zero-order valence-electron chi connectivity index (χ0n) is 42.4. The lowest BCUT2D eigenvalue weighted by atomic mass is 10.0. The summed E-state index contributed by atoms with van der Waals surface area (Å²) in [6, 6.07) is 0. The van der Waals surface area contributed by atoms with Crippen molar-refractivity contribution >= 4 is 23.9 Å². The minimum atomic E-state index is -1.02. The molecule has 376 valence electrons. The first-order valence-corrected chi connectivity index (χ1v) is 27.2. The van der Waals surface area contributed by atoms with Gasteiger partial charge in [0.25, 0.3) is 0 Å². The van der Waals surface area contributed by atoms with Crippen LogP contribution in [0.15, 0.2) is 0 Å². The topological polar surface area (TPSA) is 118 Å². The van der Waals surface area contributed by atoms with E-state index >= 15 is 0 Å². The molecule has 4 atom stereocenters. The molecule has 0 bridgehead atoms. The van der Waals surface area contributed by atoms with Crippen molar-refractivity contribution in [3.05, 3.63) is 0 Å². The Labute approximate surface area is 393 Å². The van der Waals surface area contributed by atoms with Crippen molar-refractivity contribution in [1.82, 2.24) is 4.90 Å². The van der Waals surface area contributed by atoms with E-state index in [0.717, 1.165) is 64.3 Å². The van der Waals surface area contributed by atoms with Gasteiger partial charge in [-0.1, -0.05) is 207 Å². The highest BCUT2D eigenvalue weighted by molar-refractivity contribution is 5.71. The van der Waals surface area contributed by atoms with Crippen molar-refractivity contribution in [2.24, 2.45) is 0 Å². The fourth-order valence-electron chi connectivity index (χ4n) is 8.60. The second-order valence-electron chi connectivity index (χ2n) is 19.3. The first-order valence-electron chi connectivity index (χ1n) is 27.2. The normalized spacial score (nSPS) is 16.6. The van der Waals surface area contributed by atoms with E-state index < -0.39 is 36.4 Å². The molecule has 1 rings (SSSR count). The Balaban J connectivity index is 2.89. The third kappa shape index (κ3) is 35.1. The molecule has 1 fully saturated rings. The van der Waals surface area contributed by atoms with E-state index in [1.807, 2.05) is 14.1 Å². The number of carbonyl (C=O) groups excluding carboxylic acids is 4. The van der Waals surface area contributed by atoms with Crippen molar-refractivity contribution in [1.29, 1.82) is 0 Å². The molecule has 1 heterocycles. The average molecular weight is 908 g/mol. The number of carbonyl (C=O) groups is 4. The maximum absolute atomic E-state index is 13.4. The van der Waals surface area contributed by atoms with Crippen LogP contribution < -0.4 is 0 Å². The molecule has 0 amide bonds. The van der Waals surface area contributed by atoms with Crippen LogP contribution in [0.3, 0.4) is 0 Å². The summed E-state index contributed by atoms with van der Waals surface area (Å²) >= 11 is 0. The molecule has 10 heteroatoms. The monoisotopic (exact) mass is 908 g/mol. The highest BCUT2D eigenvalue weighted by Gasteiger charge is 2.48. The van der Waals surface area contributed by atoms with Crippen molar-refractivity contribution in [2.45, 2.75) is 289 Å². The van der Waals surface area contributed by atoms with Crippen molar-refractivity contribution in [3.8, 4) is 0 Å². The van der Waals surface area contributed by atoms with Crippen LogP contribution in [0.2, 0.25) is 0 Å². The van der Waals surface area contributed by atoms with Crippen molar-refractivity contribution < 1.29 is 42.9 Å². The molecule has 0 N–H and O–H groups in total. The first-order chi connectivity index (χ1) is 31.2. The number of unbranched alkanes of at least 4 members (excludes halogenated alkanes) is 30. The largest absolute Gasteiger partial charge is 0.462 e. The summed E-state index contributed by atoms with van der Waals surface area (Å²) in [7, 11) is 4.00. The predicted octanol–water partition coefficient (Wildman–Crippen LogP) is 14.1. The molecule has 0 aromatic carbocycles. The van der Waals surface area contributed by atoms with Crippen LogP contribution in [0.25, 0.3) is 0 Å². The van der Waals surface area contributed by atoms with E-state index in [1.165, 1.54) is 141 Å². The van der Waals surface area contributed by atoms with Gasteiger partial charge in [0, 0.05) is 25.7 Å². The third-order valence-electron chi connectivity index (χ3n) is 12.7. The molecule has 0 aromatic heterocycles. The summed E-state index contributed by atoms with van der Waals surface area (Å²) in [5.74, 6) is -1.53. The van der Waals surface area contributed by atoms with Gasteiger partial charge in [-0.25, -0.2) is 0 Å². The maximum atomic E-state index is 13.4. The summed E-state index contributed by atoms with van der Waals surface area (Å²) in [5, 5.41) is 0. The molecular formula is C54H101NO9. The molecule has 0 spiro atoms. The molecular weight excluding hydrogens is 807 g/mol. The number of rotatable bonds is 46. The van der Waals surface area contributed by atoms with E-state index in [2.05, 4.69) is 25.7 Å². The molecule has 0 radical (unpaired) electrons. The lowest BCUT2D eigenvalue weighted by molar-refractivity contribution is -0.179. The summed E-state index contributed by atoms with van der Waals surface area (Å²) in [6.45, 7) is 7.36. The smallest absolute Gasteiger partial charge is 0.306 e.